The number of carbonyl (C=O) groups is 1. The van der Waals surface area contributed by atoms with Gasteiger partial charge in [0.2, 0.25) is 0 Å². The molecular weight excluding hydrogens is 474 g/mol. The van der Waals surface area contributed by atoms with Gasteiger partial charge in [0.15, 0.2) is 0 Å². The molecule has 0 radical (unpaired) electrons. The van der Waals surface area contributed by atoms with Gasteiger partial charge in [0.25, 0.3) is 5.91 Å². The van der Waals surface area contributed by atoms with Crippen LogP contribution in [0.1, 0.15) is 62.1 Å². The second-order valence-electron chi connectivity index (χ2n) is 10.2. The maximum atomic E-state index is 13.2. The van der Waals surface area contributed by atoms with Crippen molar-refractivity contribution in [1.82, 2.24) is 15.2 Å². The van der Waals surface area contributed by atoms with E-state index in [1.165, 1.54) is 23.9 Å². The number of rotatable bonds is 6. The number of ether oxygens (including phenoxy) is 1. The molecule has 1 N–H and O–H groups in total. The summed E-state index contributed by atoms with van der Waals surface area (Å²) in [5.41, 5.74) is -0.400. The van der Waals surface area contributed by atoms with Crippen molar-refractivity contribution in [2.45, 2.75) is 69.8 Å². The van der Waals surface area contributed by atoms with Crippen LogP contribution in [0, 0.1) is 11.7 Å². The zero-order chi connectivity index (χ0) is 25.9. The number of hydrogen-bond acceptors (Lipinski definition) is 4. The maximum absolute atomic E-state index is 13.2. The van der Waals surface area contributed by atoms with Gasteiger partial charge in [-0.3, -0.25) is 14.7 Å². The van der Waals surface area contributed by atoms with Crippen LogP contribution in [-0.2, 0) is 22.3 Å². The summed E-state index contributed by atoms with van der Waals surface area (Å²) in [6, 6.07) is 7.97. The first-order valence-electron chi connectivity index (χ1n) is 12.5. The smallest absolute Gasteiger partial charge is 0.363 e. The monoisotopic (exact) mass is 507 g/mol. The summed E-state index contributed by atoms with van der Waals surface area (Å²) in [6.45, 7) is 6.07. The molecule has 3 heterocycles. The van der Waals surface area contributed by atoms with Crippen LogP contribution in [0.2, 0.25) is 0 Å². The van der Waals surface area contributed by atoms with Gasteiger partial charge in [-0.05, 0) is 79.9 Å². The van der Waals surface area contributed by atoms with Gasteiger partial charge in [0.1, 0.15) is 11.4 Å². The van der Waals surface area contributed by atoms with E-state index in [2.05, 4.69) is 15.2 Å². The number of benzene rings is 1. The fraction of sp³-hybridized carbons (Fsp3) is 0.556. The lowest BCUT2D eigenvalue weighted by atomic mass is 9.80. The Hall–Kier alpha value is -2.52. The summed E-state index contributed by atoms with van der Waals surface area (Å²) in [4.78, 5) is 19.3. The normalized spacial score (nSPS) is 24.1. The third kappa shape index (κ3) is 5.89. The lowest BCUT2D eigenvalue weighted by Gasteiger charge is -2.46. The summed E-state index contributed by atoms with van der Waals surface area (Å²) in [7, 11) is 0. The highest BCUT2D eigenvalue weighted by Gasteiger charge is 2.46. The number of pyridine rings is 1. The van der Waals surface area contributed by atoms with Crippen LogP contribution in [0.3, 0.4) is 0 Å². The number of alkyl halides is 3. The molecule has 0 spiro atoms. The summed E-state index contributed by atoms with van der Waals surface area (Å²) >= 11 is 0. The minimum Gasteiger partial charge on any atom is -0.363 e. The van der Waals surface area contributed by atoms with Crippen molar-refractivity contribution in [3.63, 3.8) is 0 Å². The Morgan fingerprint density at radius 2 is 1.86 bits per heavy atom. The number of amides is 1. The van der Waals surface area contributed by atoms with E-state index in [0.717, 1.165) is 44.6 Å². The Labute approximate surface area is 209 Å². The number of halogens is 4. The number of carbonyl (C=O) groups excluding carboxylic acids is 1. The first-order chi connectivity index (χ1) is 17.1. The Balaban J connectivity index is 1.32. The van der Waals surface area contributed by atoms with Gasteiger partial charge in [0, 0.05) is 25.0 Å². The van der Waals surface area contributed by atoms with Crippen LogP contribution in [0.4, 0.5) is 17.6 Å². The zero-order valence-electron chi connectivity index (χ0n) is 20.7. The summed E-state index contributed by atoms with van der Waals surface area (Å²) in [5, 5.41) is 2.78. The SMILES string of the molecule is CC(C)[C@]1(C(=O)NCc2cncc(C(F)(F)F)c2)CC[C@@H](N2CCC(c3ccc(F)cc3)CC2)CO1. The molecule has 5 nitrogen and oxygen atoms in total. The van der Waals surface area contributed by atoms with Gasteiger partial charge in [-0.15, -0.1) is 0 Å². The van der Waals surface area contributed by atoms with E-state index in [-0.39, 0.29) is 35.8 Å². The lowest BCUT2D eigenvalue weighted by molar-refractivity contribution is -0.170. The Kier molecular flexibility index (Phi) is 7.99. The van der Waals surface area contributed by atoms with Gasteiger partial charge < -0.3 is 10.1 Å². The minimum absolute atomic E-state index is 0.0477. The molecule has 2 fully saturated rings. The van der Waals surface area contributed by atoms with Crippen LogP contribution in [0.5, 0.6) is 0 Å². The van der Waals surface area contributed by atoms with Gasteiger partial charge in [-0.2, -0.15) is 13.2 Å². The molecule has 2 aliphatic rings. The van der Waals surface area contributed by atoms with E-state index in [4.69, 9.17) is 4.74 Å². The largest absolute Gasteiger partial charge is 0.417 e. The van der Waals surface area contributed by atoms with Gasteiger partial charge >= 0.3 is 6.18 Å². The second kappa shape index (κ2) is 10.8. The first kappa shape index (κ1) is 26.5. The van der Waals surface area contributed by atoms with Crippen LogP contribution in [0.25, 0.3) is 0 Å². The van der Waals surface area contributed by atoms with Crippen molar-refractivity contribution in [2.24, 2.45) is 5.92 Å². The molecule has 36 heavy (non-hydrogen) atoms. The standard InChI is InChI=1S/C27H33F4N3O2/c1-18(2)26(25(35)33-15-19-13-22(16-32-14-19)27(29,30)31)10-7-24(17-36-26)34-11-8-21(9-12-34)20-3-5-23(28)6-4-20/h3-6,13-14,16,18,21,24H,7-12,15,17H2,1-2H3,(H,33,35)/t24-,26+/m1/s1. The molecule has 0 saturated carbocycles. The van der Waals surface area contributed by atoms with Gasteiger partial charge in [0.05, 0.1) is 12.2 Å². The average molecular weight is 508 g/mol. The number of hydrogen-bond donors (Lipinski definition) is 1. The highest BCUT2D eigenvalue weighted by Crippen LogP contribution is 2.36. The third-order valence-corrected chi connectivity index (χ3v) is 7.66. The van der Waals surface area contributed by atoms with E-state index in [1.54, 1.807) is 0 Å². The second-order valence-corrected chi connectivity index (χ2v) is 10.2. The van der Waals surface area contributed by atoms with Crippen LogP contribution in [0.15, 0.2) is 42.7 Å². The number of piperidine rings is 1. The number of nitrogens with one attached hydrogen (secondary N) is 1. The quantitative estimate of drug-likeness (QED) is 0.539. The molecule has 1 amide bonds. The molecule has 9 heteroatoms. The molecule has 2 aliphatic heterocycles. The Morgan fingerprint density at radius 1 is 1.17 bits per heavy atom. The molecule has 2 aromatic rings. The molecule has 1 aromatic heterocycles. The Morgan fingerprint density at radius 3 is 2.44 bits per heavy atom. The van der Waals surface area contributed by atoms with E-state index in [9.17, 15) is 22.4 Å². The number of aromatic nitrogens is 1. The lowest BCUT2D eigenvalue weighted by Crippen LogP contribution is -2.58. The highest BCUT2D eigenvalue weighted by molar-refractivity contribution is 5.85. The fourth-order valence-corrected chi connectivity index (χ4v) is 5.37. The predicted molar refractivity (Wildman–Crippen MR) is 128 cm³/mol. The van der Waals surface area contributed by atoms with Crippen LogP contribution in [-0.4, -0.2) is 47.1 Å². The van der Waals surface area contributed by atoms with E-state index in [0.29, 0.717) is 18.9 Å². The van der Waals surface area contributed by atoms with Crippen molar-refractivity contribution in [3.8, 4) is 0 Å². The van der Waals surface area contributed by atoms with E-state index >= 15 is 0 Å². The Bertz CT molecular complexity index is 1030. The minimum atomic E-state index is -4.48. The molecule has 0 unspecified atom stereocenters. The molecule has 0 aliphatic carbocycles. The molecule has 0 bridgehead atoms. The van der Waals surface area contributed by atoms with Crippen molar-refractivity contribution in [3.05, 3.63) is 65.2 Å². The topological polar surface area (TPSA) is 54.5 Å². The summed E-state index contributed by atoms with van der Waals surface area (Å²) in [5.74, 6) is -0.206. The molecule has 1 aromatic carbocycles. The van der Waals surface area contributed by atoms with Crippen LogP contribution >= 0.6 is 0 Å². The van der Waals surface area contributed by atoms with Gasteiger partial charge in [-0.1, -0.05) is 26.0 Å². The van der Waals surface area contributed by atoms with Crippen LogP contribution < -0.4 is 5.32 Å². The molecule has 4 rings (SSSR count). The summed E-state index contributed by atoms with van der Waals surface area (Å²) < 4.78 is 58.4. The third-order valence-electron chi connectivity index (χ3n) is 7.66. The van der Waals surface area contributed by atoms with Crippen molar-refractivity contribution >= 4 is 5.91 Å². The molecule has 2 atom stereocenters. The maximum Gasteiger partial charge on any atom is 0.417 e. The average Bonchev–Trinajstić information content (AvgIpc) is 2.87. The molecule has 196 valence electrons. The van der Waals surface area contributed by atoms with Gasteiger partial charge in [-0.25, -0.2) is 4.39 Å². The fourth-order valence-electron chi connectivity index (χ4n) is 5.37. The van der Waals surface area contributed by atoms with Crippen molar-refractivity contribution in [2.75, 3.05) is 19.7 Å². The number of likely N-dealkylation sites (tertiary alicyclic amines) is 1. The van der Waals surface area contributed by atoms with E-state index in [1.807, 2.05) is 26.0 Å². The predicted octanol–water partition coefficient (Wildman–Crippen LogP) is 5.31. The molecular formula is C27H33F4N3O2. The summed E-state index contributed by atoms with van der Waals surface area (Å²) in [6.07, 6.45) is 0.934. The first-order valence-corrected chi connectivity index (χ1v) is 12.5. The number of nitrogens with zero attached hydrogens (tertiary/aromatic N) is 2. The zero-order valence-corrected chi connectivity index (χ0v) is 20.7. The van der Waals surface area contributed by atoms with Crippen molar-refractivity contribution in [1.29, 1.82) is 0 Å². The van der Waals surface area contributed by atoms with Crippen molar-refractivity contribution < 1.29 is 27.1 Å². The van der Waals surface area contributed by atoms with E-state index < -0.39 is 17.3 Å². The molecule has 2 saturated heterocycles. The highest BCUT2D eigenvalue weighted by atomic mass is 19.4.